The highest BCUT2D eigenvalue weighted by molar-refractivity contribution is 6.34. The summed E-state index contributed by atoms with van der Waals surface area (Å²) in [7, 11) is 0. The van der Waals surface area contributed by atoms with E-state index in [4.69, 9.17) is 11.6 Å². The van der Waals surface area contributed by atoms with E-state index in [0.717, 1.165) is 10.8 Å². The minimum Gasteiger partial charge on any atom is -0.291 e. The van der Waals surface area contributed by atoms with Crippen LogP contribution in [0.15, 0.2) is 30.3 Å². The number of rotatable bonds is 1. The van der Waals surface area contributed by atoms with Crippen molar-refractivity contribution in [3.05, 3.63) is 41.2 Å². The molecule has 0 bridgehead atoms. The summed E-state index contributed by atoms with van der Waals surface area (Å²) in [6.45, 7) is 1.26. The highest BCUT2D eigenvalue weighted by Crippen LogP contribution is 2.22. The lowest BCUT2D eigenvalue weighted by molar-refractivity contribution is -0.118. The van der Waals surface area contributed by atoms with Gasteiger partial charge in [0.25, 0.3) is 5.91 Å². The smallest absolute Gasteiger partial charge is 0.276 e. The predicted molar refractivity (Wildman–Crippen MR) is 64.9 cm³/mol. The fraction of sp³-hybridized carbons (Fsp3) is 0.0833. The largest absolute Gasteiger partial charge is 0.291 e. The molecular weight excluding hydrogens is 240 g/mol. The van der Waals surface area contributed by atoms with Gasteiger partial charge in [-0.1, -0.05) is 35.9 Å². The van der Waals surface area contributed by atoms with Crippen LogP contribution in [0, 0.1) is 0 Å². The monoisotopic (exact) mass is 248 g/mol. The average Bonchev–Trinajstić information content (AvgIpc) is 2.28. The summed E-state index contributed by atoms with van der Waals surface area (Å²) >= 11 is 5.97. The van der Waals surface area contributed by atoms with Crippen LogP contribution in [0.3, 0.4) is 0 Å². The number of nitrogens with one attached hydrogen (secondary N) is 1. The third-order valence-electron chi connectivity index (χ3n) is 2.22. The van der Waals surface area contributed by atoms with E-state index < -0.39 is 11.8 Å². The quantitative estimate of drug-likeness (QED) is 0.787. The van der Waals surface area contributed by atoms with E-state index in [1.54, 1.807) is 6.07 Å². The maximum Gasteiger partial charge on any atom is 0.276 e. The molecule has 86 valence electrons. The van der Waals surface area contributed by atoms with Gasteiger partial charge in [-0.15, -0.1) is 0 Å². The number of halogens is 1. The number of aromatic nitrogens is 1. The number of pyridine rings is 1. The van der Waals surface area contributed by atoms with E-state index in [1.165, 1.54) is 6.92 Å². The van der Waals surface area contributed by atoms with E-state index in [-0.39, 0.29) is 10.8 Å². The van der Waals surface area contributed by atoms with E-state index >= 15 is 0 Å². The number of carbonyl (C=O) groups excluding carboxylic acids is 2. The van der Waals surface area contributed by atoms with Crippen LogP contribution in [0.2, 0.25) is 5.15 Å². The van der Waals surface area contributed by atoms with Gasteiger partial charge in [0.15, 0.2) is 0 Å². The van der Waals surface area contributed by atoms with Crippen LogP contribution in [0.1, 0.15) is 17.4 Å². The minimum absolute atomic E-state index is 0.129. The van der Waals surface area contributed by atoms with Gasteiger partial charge in [0.05, 0.1) is 0 Å². The van der Waals surface area contributed by atoms with E-state index in [1.807, 2.05) is 24.3 Å². The van der Waals surface area contributed by atoms with E-state index in [0.29, 0.717) is 0 Å². The first-order chi connectivity index (χ1) is 8.08. The maximum absolute atomic E-state index is 11.6. The van der Waals surface area contributed by atoms with Crippen molar-refractivity contribution in [2.75, 3.05) is 0 Å². The van der Waals surface area contributed by atoms with Crippen molar-refractivity contribution in [2.24, 2.45) is 0 Å². The van der Waals surface area contributed by atoms with Crippen molar-refractivity contribution >= 4 is 34.2 Å². The lowest BCUT2D eigenvalue weighted by atomic mass is 10.1. The molecular formula is C12H9ClN2O2. The molecule has 0 saturated carbocycles. The molecule has 0 spiro atoms. The molecule has 4 nitrogen and oxygen atoms in total. The van der Waals surface area contributed by atoms with Crippen LogP contribution in [0.25, 0.3) is 10.8 Å². The fourth-order valence-electron chi connectivity index (χ4n) is 1.50. The van der Waals surface area contributed by atoms with Crippen LogP contribution in [-0.2, 0) is 4.79 Å². The summed E-state index contributed by atoms with van der Waals surface area (Å²) in [6.07, 6.45) is 0. The Morgan fingerprint density at radius 1 is 1.29 bits per heavy atom. The second-order valence-corrected chi connectivity index (χ2v) is 3.89. The van der Waals surface area contributed by atoms with Gasteiger partial charge in [0.2, 0.25) is 5.91 Å². The van der Waals surface area contributed by atoms with Gasteiger partial charge in [-0.25, -0.2) is 4.98 Å². The average molecular weight is 249 g/mol. The molecule has 1 heterocycles. The summed E-state index contributed by atoms with van der Waals surface area (Å²) in [5.41, 5.74) is 0.129. The molecule has 0 aliphatic carbocycles. The van der Waals surface area contributed by atoms with E-state index in [9.17, 15) is 9.59 Å². The molecule has 2 amide bonds. The van der Waals surface area contributed by atoms with Gasteiger partial charge in [0, 0.05) is 12.3 Å². The van der Waals surface area contributed by atoms with E-state index in [2.05, 4.69) is 10.3 Å². The van der Waals surface area contributed by atoms with Crippen molar-refractivity contribution in [3.63, 3.8) is 0 Å². The van der Waals surface area contributed by atoms with Gasteiger partial charge in [-0.3, -0.25) is 14.9 Å². The molecule has 1 aromatic carbocycles. The Labute approximate surface area is 103 Å². The number of amides is 2. The van der Waals surface area contributed by atoms with Crippen molar-refractivity contribution in [3.8, 4) is 0 Å². The molecule has 1 N–H and O–H groups in total. The molecule has 1 aromatic heterocycles. The van der Waals surface area contributed by atoms with Crippen LogP contribution in [0.5, 0.6) is 0 Å². The Morgan fingerprint density at radius 2 is 2.00 bits per heavy atom. The summed E-state index contributed by atoms with van der Waals surface area (Å²) in [5, 5.41) is 3.98. The van der Waals surface area contributed by atoms with Gasteiger partial charge in [-0.2, -0.15) is 0 Å². The molecule has 0 aliphatic rings. The highest BCUT2D eigenvalue weighted by atomic mass is 35.5. The third kappa shape index (κ3) is 2.42. The Balaban J connectivity index is 2.50. The summed E-state index contributed by atoms with van der Waals surface area (Å²) < 4.78 is 0. The number of imide groups is 1. The molecule has 17 heavy (non-hydrogen) atoms. The predicted octanol–water partition coefficient (Wildman–Crippen LogP) is 2.16. The second-order valence-electron chi connectivity index (χ2n) is 3.53. The molecule has 0 aliphatic heterocycles. The molecule has 0 unspecified atom stereocenters. The zero-order chi connectivity index (χ0) is 12.4. The van der Waals surface area contributed by atoms with Crippen LogP contribution in [-0.4, -0.2) is 16.8 Å². The first kappa shape index (κ1) is 11.5. The van der Waals surface area contributed by atoms with Crippen LogP contribution in [0.4, 0.5) is 0 Å². The summed E-state index contributed by atoms with van der Waals surface area (Å²) in [5.74, 6) is -0.980. The van der Waals surface area contributed by atoms with Gasteiger partial charge >= 0.3 is 0 Å². The van der Waals surface area contributed by atoms with Crippen molar-refractivity contribution in [2.45, 2.75) is 6.92 Å². The zero-order valence-corrected chi connectivity index (χ0v) is 9.78. The molecule has 5 heteroatoms. The number of hydrogen-bond acceptors (Lipinski definition) is 3. The molecule has 0 fully saturated rings. The van der Waals surface area contributed by atoms with Crippen LogP contribution < -0.4 is 5.32 Å². The standard InChI is InChI=1S/C12H9ClN2O2/c1-7(16)14-12(17)10-6-8-4-2-3-5-9(8)11(13)15-10/h2-6H,1H3,(H,14,16,17). The molecule has 0 radical (unpaired) electrons. The highest BCUT2D eigenvalue weighted by Gasteiger charge is 2.11. The zero-order valence-electron chi connectivity index (χ0n) is 9.03. The lowest BCUT2D eigenvalue weighted by Gasteiger charge is -2.04. The second kappa shape index (κ2) is 4.51. The number of nitrogens with zero attached hydrogens (tertiary/aromatic N) is 1. The van der Waals surface area contributed by atoms with Crippen molar-refractivity contribution in [1.29, 1.82) is 0 Å². The van der Waals surface area contributed by atoms with Crippen molar-refractivity contribution < 1.29 is 9.59 Å². The minimum atomic E-state index is -0.551. The molecule has 0 atom stereocenters. The van der Waals surface area contributed by atoms with Crippen molar-refractivity contribution in [1.82, 2.24) is 10.3 Å². The Hall–Kier alpha value is -1.94. The van der Waals surface area contributed by atoms with Crippen LogP contribution >= 0.6 is 11.6 Å². The maximum atomic E-state index is 11.6. The normalized spacial score (nSPS) is 10.2. The topological polar surface area (TPSA) is 59.1 Å². The molecule has 0 saturated heterocycles. The number of carbonyl (C=O) groups is 2. The van der Waals surface area contributed by atoms with Gasteiger partial charge in [0.1, 0.15) is 10.8 Å². The Bertz CT molecular complexity index is 610. The number of benzene rings is 1. The fourth-order valence-corrected chi connectivity index (χ4v) is 1.76. The van der Waals surface area contributed by atoms with Gasteiger partial charge < -0.3 is 0 Å². The molecule has 2 rings (SSSR count). The summed E-state index contributed by atoms with van der Waals surface area (Å²) in [4.78, 5) is 26.3. The number of fused-ring (bicyclic) bond motifs is 1. The third-order valence-corrected chi connectivity index (χ3v) is 2.50. The van der Waals surface area contributed by atoms with Gasteiger partial charge in [-0.05, 0) is 11.5 Å². The molecule has 2 aromatic rings. The summed E-state index contributed by atoms with van der Waals surface area (Å²) in [6, 6.07) is 8.92. The first-order valence-corrected chi connectivity index (χ1v) is 5.33. The first-order valence-electron chi connectivity index (χ1n) is 4.95. The lowest BCUT2D eigenvalue weighted by Crippen LogP contribution is -2.28. The Kier molecular flexibility index (Phi) is 3.06. The SMILES string of the molecule is CC(=O)NC(=O)c1cc2ccccc2c(Cl)n1. The Morgan fingerprint density at radius 3 is 2.71 bits per heavy atom. The number of hydrogen-bond donors (Lipinski definition) is 1.